The van der Waals surface area contributed by atoms with Gasteiger partial charge in [-0.25, -0.2) is 0 Å². The molecule has 0 aliphatic carbocycles. The third-order valence-corrected chi connectivity index (χ3v) is 3.19. The maximum absolute atomic E-state index is 10.3. The fourth-order valence-electron chi connectivity index (χ4n) is 1.73. The number of hydrogen-bond acceptors (Lipinski definition) is 3. The Morgan fingerprint density at radius 3 is 2.18 bits per heavy atom. The van der Waals surface area contributed by atoms with Crippen molar-refractivity contribution in [2.24, 2.45) is 0 Å². The van der Waals surface area contributed by atoms with Crippen LogP contribution in [0.25, 0.3) is 0 Å². The van der Waals surface area contributed by atoms with E-state index in [1.54, 1.807) is 0 Å². The van der Waals surface area contributed by atoms with Crippen LogP contribution in [-0.4, -0.2) is 55.2 Å². The molecule has 1 rings (SSSR count). The summed E-state index contributed by atoms with van der Waals surface area (Å²) in [5.41, 5.74) is 0.983. The number of nitrogens with zero attached hydrogens (tertiary/aromatic N) is 2. The lowest BCUT2D eigenvalue weighted by Gasteiger charge is -2.30. The summed E-state index contributed by atoms with van der Waals surface area (Å²) in [6.07, 6.45) is -0.427. The van der Waals surface area contributed by atoms with E-state index in [9.17, 15) is 5.11 Å². The summed E-state index contributed by atoms with van der Waals surface area (Å²) >= 11 is 0. The summed E-state index contributed by atoms with van der Waals surface area (Å²) in [5, 5.41) is 10.3. The van der Waals surface area contributed by atoms with Crippen LogP contribution < -0.4 is 0 Å². The number of benzene rings is 1. The minimum absolute atomic E-state index is 0.123. The van der Waals surface area contributed by atoms with Gasteiger partial charge in [-0.05, 0) is 33.6 Å². The Morgan fingerprint density at radius 2 is 1.65 bits per heavy atom. The van der Waals surface area contributed by atoms with E-state index in [-0.39, 0.29) is 6.04 Å². The smallest absolute Gasteiger partial charge is 0.0942 e. The second-order valence-electron chi connectivity index (χ2n) is 4.88. The number of likely N-dealkylation sites (N-methyl/N-ethyl adjacent to an activating group) is 2. The second kappa shape index (κ2) is 6.74. The van der Waals surface area contributed by atoms with E-state index in [2.05, 4.69) is 37.9 Å². The lowest BCUT2D eigenvalue weighted by Crippen LogP contribution is -2.38. The molecule has 0 aliphatic heterocycles. The number of aliphatic hydroxyl groups is 1. The Morgan fingerprint density at radius 1 is 1.06 bits per heavy atom. The fourth-order valence-corrected chi connectivity index (χ4v) is 1.73. The first kappa shape index (κ1) is 14.2. The highest BCUT2D eigenvalue weighted by Crippen LogP contribution is 2.19. The molecule has 17 heavy (non-hydrogen) atoms. The van der Waals surface area contributed by atoms with Crippen LogP contribution in [0.4, 0.5) is 0 Å². The molecule has 2 atom stereocenters. The first-order chi connectivity index (χ1) is 8.02. The van der Waals surface area contributed by atoms with E-state index >= 15 is 0 Å². The molecule has 1 aromatic carbocycles. The second-order valence-corrected chi connectivity index (χ2v) is 4.88. The third kappa shape index (κ3) is 4.46. The van der Waals surface area contributed by atoms with Gasteiger partial charge in [-0.15, -0.1) is 0 Å². The Labute approximate surface area is 105 Å². The van der Waals surface area contributed by atoms with Crippen LogP contribution in [0.2, 0.25) is 0 Å². The normalized spacial score (nSPS) is 15.2. The number of hydrogen-bond donors (Lipinski definition) is 1. The lowest BCUT2D eigenvalue weighted by atomic mass is 10.0. The van der Waals surface area contributed by atoms with Gasteiger partial charge in [0.1, 0.15) is 0 Å². The molecule has 0 aliphatic rings. The molecule has 0 radical (unpaired) electrons. The molecule has 0 bridgehead atoms. The first-order valence-electron chi connectivity index (χ1n) is 6.10. The van der Waals surface area contributed by atoms with Crippen molar-refractivity contribution in [3.05, 3.63) is 35.9 Å². The minimum Gasteiger partial charge on any atom is -0.387 e. The molecule has 0 fully saturated rings. The van der Waals surface area contributed by atoms with Gasteiger partial charge < -0.3 is 10.0 Å². The van der Waals surface area contributed by atoms with Gasteiger partial charge in [0.15, 0.2) is 0 Å². The van der Waals surface area contributed by atoms with Gasteiger partial charge in [0.25, 0.3) is 0 Å². The molecule has 0 amide bonds. The van der Waals surface area contributed by atoms with Crippen LogP contribution in [-0.2, 0) is 0 Å². The van der Waals surface area contributed by atoms with Crippen molar-refractivity contribution in [3.63, 3.8) is 0 Å². The predicted molar refractivity (Wildman–Crippen MR) is 72.0 cm³/mol. The van der Waals surface area contributed by atoms with Crippen LogP contribution in [0.15, 0.2) is 30.3 Å². The van der Waals surface area contributed by atoms with E-state index in [1.165, 1.54) is 0 Å². The molecule has 3 heteroatoms. The van der Waals surface area contributed by atoms with E-state index in [4.69, 9.17) is 0 Å². The Hall–Kier alpha value is -0.900. The van der Waals surface area contributed by atoms with Crippen LogP contribution in [0, 0.1) is 0 Å². The largest absolute Gasteiger partial charge is 0.387 e. The molecule has 0 spiro atoms. The van der Waals surface area contributed by atoms with Crippen molar-refractivity contribution >= 4 is 0 Å². The summed E-state index contributed by atoms with van der Waals surface area (Å²) in [5.74, 6) is 0. The van der Waals surface area contributed by atoms with E-state index < -0.39 is 6.10 Å². The van der Waals surface area contributed by atoms with Crippen molar-refractivity contribution < 1.29 is 5.11 Å². The highest BCUT2D eigenvalue weighted by Gasteiger charge is 2.19. The van der Waals surface area contributed by atoms with Gasteiger partial charge in [0.2, 0.25) is 0 Å². The zero-order chi connectivity index (χ0) is 12.8. The highest BCUT2D eigenvalue weighted by molar-refractivity contribution is 5.18. The molecular weight excluding hydrogens is 212 g/mol. The van der Waals surface area contributed by atoms with Crippen molar-refractivity contribution in [2.45, 2.75) is 19.1 Å². The van der Waals surface area contributed by atoms with E-state index in [1.807, 2.05) is 30.3 Å². The molecule has 0 aromatic heterocycles. The number of aliphatic hydroxyl groups excluding tert-OH is 1. The topological polar surface area (TPSA) is 26.7 Å². The summed E-state index contributed by atoms with van der Waals surface area (Å²) in [6.45, 7) is 4.02. The van der Waals surface area contributed by atoms with Gasteiger partial charge in [0, 0.05) is 19.1 Å². The van der Waals surface area contributed by atoms with Crippen molar-refractivity contribution in [2.75, 3.05) is 34.2 Å². The monoisotopic (exact) mass is 236 g/mol. The van der Waals surface area contributed by atoms with Crippen molar-refractivity contribution in [3.8, 4) is 0 Å². The summed E-state index contributed by atoms with van der Waals surface area (Å²) < 4.78 is 0. The molecule has 0 heterocycles. The summed E-state index contributed by atoms with van der Waals surface area (Å²) in [7, 11) is 6.18. The maximum Gasteiger partial charge on any atom is 0.0942 e. The molecule has 2 unspecified atom stereocenters. The Bertz CT molecular complexity index is 313. The zero-order valence-corrected chi connectivity index (χ0v) is 11.3. The lowest BCUT2D eigenvalue weighted by molar-refractivity contribution is 0.0693. The highest BCUT2D eigenvalue weighted by atomic mass is 16.3. The summed E-state index contributed by atoms with van der Waals surface area (Å²) in [4.78, 5) is 4.34. The Balaban J connectivity index is 2.54. The van der Waals surface area contributed by atoms with Gasteiger partial charge in [-0.1, -0.05) is 30.3 Å². The van der Waals surface area contributed by atoms with Gasteiger partial charge in [-0.3, -0.25) is 4.90 Å². The number of rotatable bonds is 6. The SMILES string of the molecule is CC(C(O)c1ccccc1)N(C)CCN(C)C. The summed E-state index contributed by atoms with van der Waals surface area (Å²) in [6, 6.07) is 9.96. The fraction of sp³-hybridized carbons (Fsp3) is 0.571. The van der Waals surface area contributed by atoms with Crippen molar-refractivity contribution in [1.29, 1.82) is 0 Å². The molecule has 0 saturated heterocycles. The zero-order valence-electron chi connectivity index (χ0n) is 11.3. The Kier molecular flexibility index (Phi) is 5.62. The average molecular weight is 236 g/mol. The maximum atomic E-state index is 10.3. The van der Waals surface area contributed by atoms with Crippen LogP contribution in [0.3, 0.4) is 0 Å². The van der Waals surface area contributed by atoms with Crippen LogP contribution in [0.1, 0.15) is 18.6 Å². The predicted octanol–water partition coefficient (Wildman–Crippen LogP) is 1.60. The van der Waals surface area contributed by atoms with Gasteiger partial charge >= 0.3 is 0 Å². The van der Waals surface area contributed by atoms with Gasteiger partial charge in [0.05, 0.1) is 6.10 Å². The molecule has 1 aromatic rings. The molecule has 3 nitrogen and oxygen atoms in total. The molecular formula is C14H24N2O. The van der Waals surface area contributed by atoms with Crippen LogP contribution in [0.5, 0.6) is 0 Å². The van der Waals surface area contributed by atoms with Crippen LogP contribution >= 0.6 is 0 Å². The van der Waals surface area contributed by atoms with E-state index in [0.717, 1.165) is 18.7 Å². The average Bonchev–Trinajstić information content (AvgIpc) is 2.35. The molecule has 96 valence electrons. The van der Waals surface area contributed by atoms with Gasteiger partial charge in [-0.2, -0.15) is 0 Å². The molecule has 1 N–H and O–H groups in total. The van der Waals surface area contributed by atoms with Crippen molar-refractivity contribution in [1.82, 2.24) is 9.80 Å². The standard InChI is InChI=1S/C14H24N2O/c1-12(16(4)11-10-15(2)3)14(17)13-8-6-5-7-9-13/h5-9,12,14,17H,10-11H2,1-4H3. The minimum atomic E-state index is -0.427. The van der Waals surface area contributed by atoms with E-state index in [0.29, 0.717) is 0 Å². The third-order valence-electron chi connectivity index (χ3n) is 3.19. The quantitative estimate of drug-likeness (QED) is 0.813. The first-order valence-corrected chi connectivity index (χ1v) is 6.10. The molecule has 0 saturated carbocycles.